The predicted octanol–water partition coefficient (Wildman–Crippen LogP) is 3.51. The van der Waals surface area contributed by atoms with Gasteiger partial charge in [-0.25, -0.2) is 26.5 Å². The largest absolute Gasteiger partial charge is 0.476 e. The van der Waals surface area contributed by atoms with Gasteiger partial charge in [0.1, 0.15) is 5.82 Å². The van der Waals surface area contributed by atoms with Gasteiger partial charge in [0, 0.05) is 6.07 Å². The minimum Gasteiger partial charge on any atom is -0.476 e. The Balaban J connectivity index is 2.21. The van der Waals surface area contributed by atoms with Gasteiger partial charge in [0.2, 0.25) is 15.9 Å². The van der Waals surface area contributed by atoms with E-state index in [4.69, 9.17) is 4.74 Å². The SMILES string of the molecule is CCCS(=O)(=O)N(c1cnc2[nH]nc(OCC)c2c1)c1ccc(F)cc1F. The summed E-state index contributed by atoms with van der Waals surface area (Å²) in [5, 5.41) is 7.12. The van der Waals surface area contributed by atoms with Crippen LogP contribution in [0.2, 0.25) is 0 Å². The predicted molar refractivity (Wildman–Crippen MR) is 97.6 cm³/mol. The molecule has 0 bridgehead atoms. The molecule has 2 aromatic heterocycles. The first-order valence-corrected chi connectivity index (χ1v) is 9.93. The number of nitrogens with zero attached hydrogens (tertiary/aromatic N) is 3. The maximum Gasteiger partial charge on any atom is 0.242 e. The number of sulfonamides is 1. The smallest absolute Gasteiger partial charge is 0.242 e. The van der Waals surface area contributed by atoms with E-state index in [0.717, 1.165) is 16.4 Å². The summed E-state index contributed by atoms with van der Waals surface area (Å²) in [5.41, 5.74) is 0.214. The molecule has 0 atom stereocenters. The average Bonchev–Trinajstić information content (AvgIpc) is 3.00. The van der Waals surface area contributed by atoms with Crippen molar-refractivity contribution in [2.45, 2.75) is 20.3 Å². The van der Waals surface area contributed by atoms with Crippen molar-refractivity contribution in [3.05, 3.63) is 42.1 Å². The Kier molecular flexibility index (Phi) is 5.26. The molecule has 7 nitrogen and oxygen atoms in total. The molecule has 10 heteroatoms. The molecule has 1 N–H and O–H groups in total. The summed E-state index contributed by atoms with van der Waals surface area (Å²) in [6, 6.07) is 4.22. The summed E-state index contributed by atoms with van der Waals surface area (Å²) in [6.45, 7) is 3.83. The van der Waals surface area contributed by atoms with E-state index >= 15 is 0 Å². The third-order valence-corrected chi connectivity index (χ3v) is 5.64. The van der Waals surface area contributed by atoms with Crippen LogP contribution in [-0.2, 0) is 10.0 Å². The van der Waals surface area contributed by atoms with Crippen LogP contribution in [0.3, 0.4) is 0 Å². The average molecular weight is 396 g/mol. The molecule has 0 fully saturated rings. The van der Waals surface area contributed by atoms with Crippen molar-refractivity contribution in [2.75, 3.05) is 16.7 Å². The van der Waals surface area contributed by atoms with Crippen molar-refractivity contribution in [3.8, 4) is 5.88 Å². The van der Waals surface area contributed by atoms with Crippen molar-refractivity contribution < 1.29 is 21.9 Å². The highest BCUT2D eigenvalue weighted by atomic mass is 32.2. The van der Waals surface area contributed by atoms with Crippen LogP contribution in [0, 0.1) is 11.6 Å². The summed E-state index contributed by atoms with van der Waals surface area (Å²) in [5.74, 6) is -1.75. The lowest BCUT2D eigenvalue weighted by Gasteiger charge is -2.24. The van der Waals surface area contributed by atoms with Crippen LogP contribution in [0.4, 0.5) is 20.2 Å². The second kappa shape index (κ2) is 7.47. The highest BCUT2D eigenvalue weighted by Gasteiger charge is 2.27. The van der Waals surface area contributed by atoms with Crippen molar-refractivity contribution in [1.29, 1.82) is 0 Å². The Morgan fingerprint density at radius 2 is 2.00 bits per heavy atom. The highest BCUT2D eigenvalue weighted by Crippen LogP contribution is 2.34. The number of halogens is 2. The number of anilines is 2. The van der Waals surface area contributed by atoms with E-state index in [9.17, 15) is 17.2 Å². The zero-order valence-electron chi connectivity index (χ0n) is 14.7. The minimum atomic E-state index is -3.93. The van der Waals surface area contributed by atoms with E-state index < -0.39 is 21.7 Å². The first-order valence-electron chi connectivity index (χ1n) is 8.32. The van der Waals surface area contributed by atoms with Crippen molar-refractivity contribution in [1.82, 2.24) is 15.2 Å². The maximum absolute atomic E-state index is 14.4. The first-order chi connectivity index (χ1) is 12.9. The molecular weight excluding hydrogens is 378 g/mol. The number of hydrogen-bond donors (Lipinski definition) is 1. The molecule has 0 amide bonds. The molecule has 144 valence electrons. The molecule has 27 heavy (non-hydrogen) atoms. The Morgan fingerprint density at radius 3 is 2.67 bits per heavy atom. The van der Waals surface area contributed by atoms with E-state index in [2.05, 4.69) is 15.2 Å². The van der Waals surface area contributed by atoms with Crippen molar-refractivity contribution in [2.24, 2.45) is 0 Å². The Labute approximate surface area is 155 Å². The van der Waals surface area contributed by atoms with E-state index in [1.165, 1.54) is 12.3 Å². The Morgan fingerprint density at radius 1 is 1.22 bits per heavy atom. The van der Waals surface area contributed by atoms with E-state index in [1.54, 1.807) is 13.8 Å². The lowest BCUT2D eigenvalue weighted by Crippen LogP contribution is -2.29. The van der Waals surface area contributed by atoms with E-state index in [1.807, 2.05) is 0 Å². The fourth-order valence-corrected chi connectivity index (χ4v) is 4.24. The lowest BCUT2D eigenvalue weighted by molar-refractivity contribution is 0.330. The van der Waals surface area contributed by atoms with Gasteiger partial charge in [-0.05, 0) is 31.5 Å². The monoisotopic (exact) mass is 396 g/mol. The Bertz CT molecular complexity index is 1070. The molecule has 0 spiro atoms. The lowest BCUT2D eigenvalue weighted by atomic mass is 10.2. The summed E-state index contributed by atoms with van der Waals surface area (Å²) >= 11 is 0. The summed E-state index contributed by atoms with van der Waals surface area (Å²) < 4.78 is 59.6. The number of benzene rings is 1. The number of fused-ring (bicyclic) bond motifs is 1. The van der Waals surface area contributed by atoms with Gasteiger partial charge >= 0.3 is 0 Å². The number of pyridine rings is 1. The van der Waals surface area contributed by atoms with Crippen LogP contribution >= 0.6 is 0 Å². The van der Waals surface area contributed by atoms with Gasteiger partial charge < -0.3 is 4.74 Å². The molecule has 0 saturated carbocycles. The molecular formula is C17H18F2N4O3S. The molecule has 0 saturated heterocycles. The highest BCUT2D eigenvalue weighted by molar-refractivity contribution is 7.93. The van der Waals surface area contributed by atoms with Gasteiger partial charge in [0.05, 0.1) is 35.3 Å². The third-order valence-electron chi connectivity index (χ3n) is 3.75. The maximum atomic E-state index is 14.4. The standard InChI is InChI=1S/C17H18F2N4O3S/c1-3-7-27(24,25)23(15-6-5-11(18)8-14(15)19)12-9-13-16(20-10-12)21-22-17(13)26-4-2/h5-6,8-10H,3-4,7H2,1-2H3,(H,20,21,22). The quantitative estimate of drug-likeness (QED) is 0.660. The minimum absolute atomic E-state index is 0.101. The first kappa shape index (κ1) is 19.0. The molecule has 0 radical (unpaired) electrons. The molecule has 0 aliphatic rings. The van der Waals surface area contributed by atoms with Crippen LogP contribution in [0.15, 0.2) is 30.5 Å². The second-order valence-corrected chi connectivity index (χ2v) is 7.66. The fourth-order valence-electron chi connectivity index (χ4n) is 2.67. The zero-order valence-corrected chi connectivity index (χ0v) is 15.6. The van der Waals surface area contributed by atoms with Crippen LogP contribution in [-0.4, -0.2) is 36.0 Å². The molecule has 1 aromatic carbocycles. The Hall–Kier alpha value is -2.75. The van der Waals surface area contributed by atoms with Gasteiger partial charge in [-0.3, -0.25) is 5.10 Å². The van der Waals surface area contributed by atoms with Crippen LogP contribution in [0.25, 0.3) is 11.0 Å². The van der Waals surface area contributed by atoms with Crippen molar-refractivity contribution in [3.63, 3.8) is 0 Å². The number of ether oxygens (including phenoxy) is 1. The van der Waals surface area contributed by atoms with Gasteiger partial charge in [0.15, 0.2) is 11.5 Å². The van der Waals surface area contributed by atoms with Crippen LogP contribution < -0.4 is 9.04 Å². The topological polar surface area (TPSA) is 88.2 Å². The van der Waals surface area contributed by atoms with E-state index in [-0.39, 0.29) is 23.0 Å². The summed E-state index contributed by atoms with van der Waals surface area (Å²) in [4.78, 5) is 4.15. The molecule has 0 aliphatic heterocycles. The summed E-state index contributed by atoms with van der Waals surface area (Å²) in [7, 11) is -3.93. The molecule has 3 aromatic rings. The summed E-state index contributed by atoms with van der Waals surface area (Å²) in [6.07, 6.45) is 1.61. The van der Waals surface area contributed by atoms with Gasteiger partial charge in [-0.2, -0.15) is 0 Å². The molecule has 2 heterocycles. The molecule has 0 unspecified atom stereocenters. The number of nitrogens with one attached hydrogen (secondary N) is 1. The second-order valence-electron chi connectivity index (χ2n) is 5.73. The normalized spacial score (nSPS) is 11.7. The number of H-pyrrole nitrogens is 1. The number of aromatic amines is 1. The number of aromatic nitrogens is 3. The molecule has 3 rings (SSSR count). The van der Waals surface area contributed by atoms with Crippen LogP contribution in [0.1, 0.15) is 20.3 Å². The number of rotatable bonds is 7. The number of hydrogen-bond acceptors (Lipinski definition) is 5. The van der Waals surface area contributed by atoms with Crippen LogP contribution in [0.5, 0.6) is 5.88 Å². The third kappa shape index (κ3) is 3.70. The molecule has 0 aliphatic carbocycles. The van der Waals surface area contributed by atoms with E-state index in [0.29, 0.717) is 30.1 Å². The van der Waals surface area contributed by atoms with Gasteiger partial charge in [-0.15, -0.1) is 5.10 Å². The fraction of sp³-hybridized carbons (Fsp3) is 0.294. The van der Waals surface area contributed by atoms with Gasteiger partial charge in [-0.1, -0.05) is 6.92 Å². The van der Waals surface area contributed by atoms with Crippen molar-refractivity contribution >= 4 is 32.4 Å². The van der Waals surface area contributed by atoms with Gasteiger partial charge in [0.25, 0.3) is 0 Å². The zero-order chi connectivity index (χ0) is 19.6.